The fourth-order valence-electron chi connectivity index (χ4n) is 4.17. The number of halogens is 3. The maximum Gasteiger partial charge on any atom is 0.418 e. The third-order valence-corrected chi connectivity index (χ3v) is 5.42. The number of para-hydroxylation sites is 1. The number of hydrogen-bond donors (Lipinski definition) is 1. The zero-order valence-corrected chi connectivity index (χ0v) is 15.4. The summed E-state index contributed by atoms with van der Waals surface area (Å²) in [5, 5.41) is 9.53. The van der Waals surface area contributed by atoms with Gasteiger partial charge >= 0.3 is 6.18 Å². The van der Waals surface area contributed by atoms with Gasteiger partial charge in [-0.25, -0.2) is 0 Å². The number of benzene rings is 2. The van der Waals surface area contributed by atoms with E-state index in [1.807, 2.05) is 0 Å². The van der Waals surface area contributed by atoms with Gasteiger partial charge in [0.1, 0.15) is 5.75 Å². The van der Waals surface area contributed by atoms with Crippen molar-refractivity contribution in [1.82, 2.24) is 0 Å². The van der Waals surface area contributed by atoms with Crippen LogP contribution in [0.1, 0.15) is 42.7 Å². The number of rotatable bonds is 2. The lowest BCUT2D eigenvalue weighted by Crippen LogP contribution is -2.41. The predicted octanol–water partition coefficient (Wildman–Crippen LogP) is 4.94. The number of aromatic hydroxyl groups is 1. The molecule has 29 heavy (non-hydrogen) atoms. The van der Waals surface area contributed by atoms with Gasteiger partial charge in [-0.3, -0.25) is 14.5 Å². The van der Waals surface area contributed by atoms with Crippen LogP contribution in [0, 0.1) is 0 Å². The number of allylic oxidation sites excluding steroid dienone is 2. The third kappa shape index (κ3) is 3.41. The van der Waals surface area contributed by atoms with E-state index in [-0.39, 0.29) is 23.6 Å². The standard InChI is InChI=1S/C22H18F3NO3/c23-22(24,25)16-4-1-2-5-17(16)26-18-6-3-7-19(28)21(18)15(12-20(26)29)13-8-10-14(27)11-9-13/h1-2,4-5,8-11,15,27H,3,6-7,12H2. The molecule has 0 fully saturated rings. The average molecular weight is 401 g/mol. The zero-order chi connectivity index (χ0) is 20.8. The van der Waals surface area contributed by atoms with Crippen LogP contribution < -0.4 is 4.90 Å². The Balaban J connectivity index is 1.89. The van der Waals surface area contributed by atoms with E-state index in [4.69, 9.17) is 0 Å². The molecule has 1 unspecified atom stereocenters. The number of alkyl halides is 3. The Morgan fingerprint density at radius 1 is 0.966 bits per heavy atom. The first-order valence-electron chi connectivity index (χ1n) is 9.31. The molecule has 1 amide bonds. The molecule has 0 spiro atoms. The van der Waals surface area contributed by atoms with E-state index < -0.39 is 23.6 Å². The highest BCUT2D eigenvalue weighted by Gasteiger charge is 2.43. The maximum absolute atomic E-state index is 13.6. The van der Waals surface area contributed by atoms with Gasteiger partial charge in [0.15, 0.2) is 5.78 Å². The highest BCUT2D eigenvalue weighted by molar-refractivity contribution is 6.07. The predicted molar refractivity (Wildman–Crippen MR) is 100 cm³/mol. The Hall–Kier alpha value is -3.09. The quantitative estimate of drug-likeness (QED) is 0.776. The smallest absolute Gasteiger partial charge is 0.418 e. The van der Waals surface area contributed by atoms with Gasteiger partial charge in [-0.2, -0.15) is 13.2 Å². The van der Waals surface area contributed by atoms with Crippen LogP contribution in [0.3, 0.4) is 0 Å². The lowest BCUT2D eigenvalue weighted by molar-refractivity contribution is -0.137. The van der Waals surface area contributed by atoms with Crippen molar-refractivity contribution < 1.29 is 27.9 Å². The van der Waals surface area contributed by atoms with Gasteiger partial charge in [0.25, 0.3) is 0 Å². The molecule has 150 valence electrons. The molecule has 1 aliphatic carbocycles. The maximum atomic E-state index is 13.6. The molecule has 0 bridgehead atoms. The monoisotopic (exact) mass is 401 g/mol. The van der Waals surface area contributed by atoms with Crippen LogP contribution in [0.25, 0.3) is 0 Å². The molecule has 2 aromatic rings. The molecule has 1 N–H and O–H groups in total. The van der Waals surface area contributed by atoms with Gasteiger partial charge in [0.05, 0.1) is 11.3 Å². The van der Waals surface area contributed by atoms with Crippen LogP contribution in [0.5, 0.6) is 5.75 Å². The van der Waals surface area contributed by atoms with Gasteiger partial charge in [0.2, 0.25) is 5.91 Å². The molecule has 0 radical (unpaired) electrons. The second-order valence-electron chi connectivity index (χ2n) is 7.23. The van der Waals surface area contributed by atoms with E-state index in [0.717, 1.165) is 11.0 Å². The fourth-order valence-corrected chi connectivity index (χ4v) is 4.17. The summed E-state index contributed by atoms with van der Waals surface area (Å²) in [7, 11) is 0. The van der Waals surface area contributed by atoms with Crippen molar-refractivity contribution in [3.8, 4) is 5.75 Å². The first kappa shape index (κ1) is 19.2. The molecule has 1 atom stereocenters. The largest absolute Gasteiger partial charge is 0.508 e. The first-order valence-corrected chi connectivity index (χ1v) is 9.31. The summed E-state index contributed by atoms with van der Waals surface area (Å²) < 4.78 is 40.7. The van der Waals surface area contributed by atoms with Gasteiger partial charge in [-0.1, -0.05) is 24.3 Å². The minimum absolute atomic E-state index is 0.0563. The summed E-state index contributed by atoms with van der Waals surface area (Å²) in [6, 6.07) is 11.2. The summed E-state index contributed by atoms with van der Waals surface area (Å²) >= 11 is 0. The molecule has 1 heterocycles. The SMILES string of the molecule is O=C1CCCC2=C1C(c1ccc(O)cc1)CC(=O)N2c1ccccc1C(F)(F)F. The Morgan fingerprint density at radius 2 is 1.66 bits per heavy atom. The van der Waals surface area contributed by atoms with Gasteiger partial charge < -0.3 is 5.11 Å². The number of phenolic OH excluding ortho intramolecular Hbond substituents is 1. The number of amides is 1. The van der Waals surface area contributed by atoms with E-state index in [1.54, 1.807) is 12.1 Å². The summed E-state index contributed by atoms with van der Waals surface area (Å²) in [4.78, 5) is 26.9. The first-order chi connectivity index (χ1) is 13.8. The lowest BCUT2D eigenvalue weighted by Gasteiger charge is -2.39. The summed E-state index contributed by atoms with van der Waals surface area (Å²) in [5.74, 6) is -1.10. The molecular formula is C22H18F3NO3. The van der Waals surface area contributed by atoms with Crippen LogP contribution in [-0.2, 0) is 15.8 Å². The minimum atomic E-state index is -4.62. The number of carbonyl (C=O) groups excluding carboxylic acids is 2. The van der Waals surface area contributed by atoms with Crippen LogP contribution >= 0.6 is 0 Å². The topological polar surface area (TPSA) is 57.6 Å². The summed E-state index contributed by atoms with van der Waals surface area (Å²) in [6.45, 7) is 0. The Bertz CT molecular complexity index is 1010. The fraction of sp³-hybridized carbons (Fsp3) is 0.273. The molecule has 2 aliphatic rings. The lowest BCUT2D eigenvalue weighted by atomic mass is 9.77. The van der Waals surface area contributed by atoms with E-state index in [0.29, 0.717) is 36.1 Å². The molecule has 2 aromatic carbocycles. The normalized spacial score (nSPS) is 20.1. The van der Waals surface area contributed by atoms with Crippen molar-refractivity contribution in [2.45, 2.75) is 37.8 Å². The Labute approximate surface area is 165 Å². The summed E-state index contributed by atoms with van der Waals surface area (Å²) in [6.07, 6.45) is -3.59. The van der Waals surface area contributed by atoms with E-state index in [1.165, 1.54) is 30.3 Å². The molecule has 0 aromatic heterocycles. The average Bonchev–Trinajstić information content (AvgIpc) is 2.67. The van der Waals surface area contributed by atoms with Gasteiger partial charge in [-0.05, 0) is 42.7 Å². The van der Waals surface area contributed by atoms with Crippen molar-refractivity contribution >= 4 is 17.4 Å². The molecular weight excluding hydrogens is 383 g/mol. The third-order valence-electron chi connectivity index (χ3n) is 5.42. The summed E-state index contributed by atoms with van der Waals surface area (Å²) in [5.41, 5.74) is 0.297. The number of carbonyl (C=O) groups is 2. The number of hydrogen-bond acceptors (Lipinski definition) is 3. The molecule has 1 aliphatic heterocycles. The number of anilines is 1. The van der Waals surface area contributed by atoms with Crippen molar-refractivity contribution in [3.05, 3.63) is 70.9 Å². The highest BCUT2D eigenvalue weighted by Crippen LogP contribution is 2.46. The van der Waals surface area contributed by atoms with Crippen LogP contribution in [0.4, 0.5) is 18.9 Å². The number of nitrogens with zero attached hydrogens (tertiary/aromatic N) is 1. The molecule has 0 saturated heterocycles. The number of phenols is 1. The molecule has 0 saturated carbocycles. The van der Waals surface area contributed by atoms with Crippen LogP contribution in [-0.4, -0.2) is 16.8 Å². The Morgan fingerprint density at radius 3 is 2.34 bits per heavy atom. The number of ketones is 1. The Kier molecular flexibility index (Phi) is 4.68. The van der Waals surface area contributed by atoms with Gasteiger partial charge in [0, 0.05) is 30.0 Å². The van der Waals surface area contributed by atoms with Gasteiger partial charge in [-0.15, -0.1) is 0 Å². The second-order valence-corrected chi connectivity index (χ2v) is 7.23. The number of Topliss-reactive ketones (excluding diaryl/α,β-unsaturated/α-hetero) is 1. The van der Waals surface area contributed by atoms with Crippen molar-refractivity contribution in [3.63, 3.8) is 0 Å². The van der Waals surface area contributed by atoms with E-state index >= 15 is 0 Å². The van der Waals surface area contributed by atoms with Crippen molar-refractivity contribution in [2.75, 3.05) is 4.90 Å². The zero-order valence-electron chi connectivity index (χ0n) is 15.4. The molecule has 7 heteroatoms. The van der Waals surface area contributed by atoms with Crippen LogP contribution in [0.2, 0.25) is 0 Å². The van der Waals surface area contributed by atoms with Crippen molar-refractivity contribution in [2.24, 2.45) is 0 Å². The molecule has 4 nitrogen and oxygen atoms in total. The minimum Gasteiger partial charge on any atom is -0.508 e. The second kappa shape index (κ2) is 7.06. The highest BCUT2D eigenvalue weighted by atomic mass is 19.4. The van der Waals surface area contributed by atoms with E-state index in [2.05, 4.69) is 0 Å². The van der Waals surface area contributed by atoms with Crippen molar-refractivity contribution in [1.29, 1.82) is 0 Å². The van der Waals surface area contributed by atoms with Crippen LogP contribution in [0.15, 0.2) is 59.8 Å². The molecule has 4 rings (SSSR count). The van der Waals surface area contributed by atoms with E-state index in [9.17, 15) is 27.9 Å².